The van der Waals surface area contributed by atoms with E-state index in [1.165, 1.54) is 12.1 Å². The molecule has 1 heterocycles. The molecule has 1 saturated heterocycles. The van der Waals surface area contributed by atoms with Gasteiger partial charge in [-0.15, -0.1) is 0 Å². The van der Waals surface area contributed by atoms with Crippen molar-refractivity contribution in [2.45, 2.75) is 31.8 Å². The first-order valence-corrected chi connectivity index (χ1v) is 6.44. The second kappa shape index (κ2) is 5.67. The van der Waals surface area contributed by atoms with Crippen LogP contribution >= 0.6 is 11.6 Å². The molecule has 0 radical (unpaired) electrons. The molecule has 1 amide bonds. The molecule has 0 bridgehead atoms. The molecular formula is C13H16ClFN2O. The number of hydrogen-bond acceptors (Lipinski definition) is 2. The molecule has 0 aliphatic carbocycles. The fourth-order valence-electron chi connectivity index (χ4n) is 2.09. The van der Waals surface area contributed by atoms with Crippen molar-refractivity contribution in [3.05, 3.63) is 34.6 Å². The van der Waals surface area contributed by atoms with E-state index in [0.29, 0.717) is 5.56 Å². The summed E-state index contributed by atoms with van der Waals surface area (Å²) in [5.74, 6) is -0.496. The molecule has 0 saturated carbocycles. The van der Waals surface area contributed by atoms with Gasteiger partial charge in [-0.1, -0.05) is 17.7 Å². The molecule has 0 unspecified atom stereocenters. The van der Waals surface area contributed by atoms with E-state index in [2.05, 4.69) is 10.6 Å². The summed E-state index contributed by atoms with van der Waals surface area (Å²) in [7, 11) is 0. The van der Waals surface area contributed by atoms with Crippen molar-refractivity contribution >= 4 is 17.5 Å². The van der Waals surface area contributed by atoms with Gasteiger partial charge in [-0.25, -0.2) is 4.39 Å². The Hall–Kier alpha value is -1.13. The highest BCUT2D eigenvalue weighted by molar-refractivity contribution is 6.30. The zero-order valence-electron chi connectivity index (χ0n) is 10.2. The average molecular weight is 271 g/mol. The van der Waals surface area contributed by atoms with Crippen molar-refractivity contribution in [2.24, 2.45) is 0 Å². The van der Waals surface area contributed by atoms with Crippen LogP contribution in [0.3, 0.4) is 0 Å². The molecule has 0 spiro atoms. The molecule has 0 aromatic heterocycles. The van der Waals surface area contributed by atoms with Crippen molar-refractivity contribution in [3.8, 4) is 0 Å². The number of rotatable bonds is 3. The van der Waals surface area contributed by atoms with E-state index in [1.807, 2.05) is 6.92 Å². The lowest BCUT2D eigenvalue weighted by Gasteiger charge is -2.17. The molecule has 1 aliphatic rings. The van der Waals surface area contributed by atoms with Crippen molar-refractivity contribution in [2.75, 3.05) is 6.54 Å². The predicted octanol–water partition coefficient (Wildman–Crippen LogP) is 2.41. The zero-order valence-corrected chi connectivity index (χ0v) is 10.9. The zero-order chi connectivity index (χ0) is 13.1. The van der Waals surface area contributed by atoms with Crippen LogP contribution in [-0.2, 0) is 4.79 Å². The van der Waals surface area contributed by atoms with E-state index >= 15 is 0 Å². The summed E-state index contributed by atoms with van der Waals surface area (Å²) in [6, 6.07) is 4.23. The lowest BCUT2D eigenvalue weighted by atomic mass is 10.1. The molecule has 1 aromatic carbocycles. The lowest BCUT2D eigenvalue weighted by molar-refractivity contribution is -0.123. The van der Waals surface area contributed by atoms with Gasteiger partial charge in [-0.3, -0.25) is 4.79 Å². The molecule has 2 N–H and O–H groups in total. The number of nitrogens with one attached hydrogen (secondary N) is 2. The number of benzene rings is 1. The number of amides is 1. The Bertz CT molecular complexity index is 447. The largest absolute Gasteiger partial charge is 0.348 e. The van der Waals surface area contributed by atoms with E-state index in [-0.39, 0.29) is 23.0 Å². The Morgan fingerprint density at radius 3 is 3.00 bits per heavy atom. The maximum atomic E-state index is 13.3. The molecule has 3 nitrogen and oxygen atoms in total. The topological polar surface area (TPSA) is 41.1 Å². The Kier molecular flexibility index (Phi) is 4.19. The molecule has 1 aromatic rings. The summed E-state index contributed by atoms with van der Waals surface area (Å²) in [6.07, 6.45) is 1.87. The predicted molar refractivity (Wildman–Crippen MR) is 69.0 cm³/mol. The Balaban J connectivity index is 2.00. The van der Waals surface area contributed by atoms with Crippen LogP contribution in [-0.4, -0.2) is 18.5 Å². The summed E-state index contributed by atoms with van der Waals surface area (Å²) < 4.78 is 13.3. The van der Waals surface area contributed by atoms with Crippen molar-refractivity contribution < 1.29 is 9.18 Å². The van der Waals surface area contributed by atoms with Crippen molar-refractivity contribution in [3.63, 3.8) is 0 Å². The third kappa shape index (κ3) is 3.00. The second-order valence-corrected chi connectivity index (χ2v) is 4.96. The van der Waals surface area contributed by atoms with Gasteiger partial charge >= 0.3 is 0 Å². The van der Waals surface area contributed by atoms with Crippen LogP contribution in [0.4, 0.5) is 4.39 Å². The van der Waals surface area contributed by atoms with Crippen LogP contribution in [0.25, 0.3) is 0 Å². The second-order valence-electron chi connectivity index (χ2n) is 4.55. The number of halogens is 2. The first-order chi connectivity index (χ1) is 8.58. The molecule has 98 valence electrons. The summed E-state index contributed by atoms with van der Waals surface area (Å²) in [4.78, 5) is 11.9. The molecule has 1 aliphatic heterocycles. The molecule has 2 atom stereocenters. The summed E-state index contributed by atoms with van der Waals surface area (Å²) in [6.45, 7) is 2.71. The fourth-order valence-corrected chi connectivity index (χ4v) is 2.20. The number of hydrogen-bond donors (Lipinski definition) is 2. The molecule has 5 heteroatoms. The standard InChI is InChI=1S/C13H16ClFN2O/c1-8(9-4-5-10(14)11(15)7-9)17-13(18)12-3-2-6-16-12/h4-5,7-8,12,16H,2-3,6H2,1H3,(H,17,18)/t8-,12-/m1/s1. The van der Waals surface area contributed by atoms with Crippen LogP contribution in [0.5, 0.6) is 0 Å². The van der Waals surface area contributed by atoms with Crippen LogP contribution in [0.15, 0.2) is 18.2 Å². The lowest BCUT2D eigenvalue weighted by Crippen LogP contribution is -2.41. The third-order valence-electron chi connectivity index (χ3n) is 3.18. The van der Waals surface area contributed by atoms with Gasteiger partial charge < -0.3 is 10.6 Å². The van der Waals surface area contributed by atoms with E-state index < -0.39 is 5.82 Å². The monoisotopic (exact) mass is 270 g/mol. The minimum absolute atomic E-state index is 0.0321. The van der Waals surface area contributed by atoms with E-state index in [1.54, 1.807) is 6.07 Å². The van der Waals surface area contributed by atoms with E-state index in [4.69, 9.17) is 11.6 Å². The van der Waals surface area contributed by atoms with E-state index in [9.17, 15) is 9.18 Å². The van der Waals surface area contributed by atoms with Crippen LogP contribution in [0.2, 0.25) is 5.02 Å². The maximum absolute atomic E-state index is 13.3. The normalized spacial score (nSPS) is 20.7. The minimum Gasteiger partial charge on any atom is -0.348 e. The van der Waals surface area contributed by atoms with Gasteiger partial charge in [0.1, 0.15) is 5.82 Å². The highest BCUT2D eigenvalue weighted by Crippen LogP contribution is 2.20. The molecular weight excluding hydrogens is 255 g/mol. The summed E-state index contributed by atoms with van der Waals surface area (Å²) >= 11 is 5.62. The summed E-state index contributed by atoms with van der Waals surface area (Å²) in [5, 5.41) is 6.09. The highest BCUT2D eigenvalue weighted by atomic mass is 35.5. The number of carbonyl (C=O) groups is 1. The number of carbonyl (C=O) groups excluding carboxylic acids is 1. The van der Waals surface area contributed by atoms with Gasteiger partial charge in [-0.05, 0) is 44.0 Å². The Morgan fingerprint density at radius 1 is 1.61 bits per heavy atom. The molecule has 1 fully saturated rings. The Labute approximate surface area is 111 Å². The first-order valence-electron chi connectivity index (χ1n) is 6.06. The average Bonchev–Trinajstić information content (AvgIpc) is 2.86. The van der Waals surface area contributed by atoms with Gasteiger partial charge in [0.05, 0.1) is 17.1 Å². The SMILES string of the molecule is C[C@@H](NC(=O)[C@H]1CCCN1)c1ccc(Cl)c(F)c1. The fraction of sp³-hybridized carbons (Fsp3) is 0.462. The van der Waals surface area contributed by atoms with Gasteiger partial charge in [0, 0.05) is 0 Å². The van der Waals surface area contributed by atoms with Crippen LogP contribution < -0.4 is 10.6 Å². The van der Waals surface area contributed by atoms with Crippen molar-refractivity contribution in [1.82, 2.24) is 10.6 Å². The van der Waals surface area contributed by atoms with Crippen molar-refractivity contribution in [1.29, 1.82) is 0 Å². The van der Waals surface area contributed by atoms with Crippen LogP contribution in [0.1, 0.15) is 31.4 Å². The highest BCUT2D eigenvalue weighted by Gasteiger charge is 2.23. The minimum atomic E-state index is -0.464. The van der Waals surface area contributed by atoms with Gasteiger partial charge in [0.25, 0.3) is 0 Å². The summed E-state index contributed by atoms with van der Waals surface area (Å²) in [5.41, 5.74) is 0.711. The third-order valence-corrected chi connectivity index (χ3v) is 3.49. The molecule has 2 rings (SSSR count). The smallest absolute Gasteiger partial charge is 0.237 e. The maximum Gasteiger partial charge on any atom is 0.237 e. The van der Waals surface area contributed by atoms with Gasteiger partial charge in [0.15, 0.2) is 0 Å². The Morgan fingerprint density at radius 2 is 2.39 bits per heavy atom. The van der Waals surface area contributed by atoms with Gasteiger partial charge in [0.2, 0.25) is 5.91 Å². The van der Waals surface area contributed by atoms with Crippen LogP contribution in [0, 0.1) is 5.82 Å². The van der Waals surface area contributed by atoms with Gasteiger partial charge in [-0.2, -0.15) is 0 Å². The first kappa shape index (κ1) is 13.3. The van der Waals surface area contributed by atoms with E-state index in [0.717, 1.165) is 19.4 Å². The quantitative estimate of drug-likeness (QED) is 0.886. The molecule has 18 heavy (non-hydrogen) atoms.